The van der Waals surface area contributed by atoms with Crippen molar-refractivity contribution in [3.05, 3.63) is 39.8 Å². The number of nitrogens with one attached hydrogen (secondary N) is 1. The lowest BCUT2D eigenvalue weighted by Crippen LogP contribution is -2.27. The first-order chi connectivity index (χ1) is 9.44. The molecule has 108 valence electrons. The summed E-state index contributed by atoms with van der Waals surface area (Å²) in [5, 5.41) is 2.81. The van der Waals surface area contributed by atoms with Crippen molar-refractivity contribution in [2.75, 3.05) is 7.11 Å². The van der Waals surface area contributed by atoms with E-state index in [0.717, 1.165) is 0 Å². The Morgan fingerprint density at radius 2 is 2.20 bits per heavy atom. The summed E-state index contributed by atoms with van der Waals surface area (Å²) < 4.78 is 32.4. The Hall–Kier alpha value is -1.15. The van der Waals surface area contributed by atoms with Gasteiger partial charge >= 0.3 is 0 Å². The van der Waals surface area contributed by atoms with Crippen molar-refractivity contribution in [3.8, 4) is 5.75 Å². The fraction of sp³-hybridized carbons (Fsp3) is 0.250. The van der Waals surface area contributed by atoms with E-state index >= 15 is 0 Å². The predicted octanol–water partition coefficient (Wildman–Crippen LogP) is 2.84. The van der Waals surface area contributed by atoms with Crippen LogP contribution in [0, 0.1) is 0 Å². The van der Waals surface area contributed by atoms with Crippen LogP contribution in [0.1, 0.15) is 18.0 Å². The number of aromatic nitrogens is 1. The number of halogens is 1. The molecule has 0 bridgehead atoms. The standard InChI is InChI=1S/C12H13ClN2O3S2/c1-8(12-14-5-6-19-12)15-20(16,17)11-7-9(13)3-4-10(11)18-2/h3-8,15H,1-2H3/t8-/m0/s1. The lowest BCUT2D eigenvalue weighted by atomic mass is 10.3. The molecule has 2 rings (SSSR count). The molecule has 5 nitrogen and oxygen atoms in total. The van der Waals surface area contributed by atoms with Crippen LogP contribution in [0.15, 0.2) is 34.7 Å². The lowest BCUT2D eigenvalue weighted by Gasteiger charge is -2.14. The molecule has 0 saturated carbocycles. The first-order valence-electron chi connectivity index (χ1n) is 5.69. The van der Waals surface area contributed by atoms with Crippen molar-refractivity contribution in [1.29, 1.82) is 0 Å². The molecule has 1 heterocycles. The van der Waals surface area contributed by atoms with Gasteiger partial charge in [0.1, 0.15) is 15.7 Å². The third kappa shape index (κ3) is 3.29. The fourth-order valence-corrected chi connectivity index (χ4v) is 4.02. The molecule has 0 aliphatic carbocycles. The van der Waals surface area contributed by atoms with E-state index in [0.29, 0.717) is 10.0 Å². The number of hydrogen-bond donors (Lipinski definition) is 1. The van der Waals surface area contributed by atoms with Gasteiger partial charge in [-0.15, -0.1) is 11.3 Å². The van der Waals surface area contributed by atoms with Crippen molar-refractivity contribution in [1.82, 2.24) is 9.71 Å². The van der Waals surface area contributed by atoms with Crippen LogP contribution in [0.4, 0.5) is 0 Å². The van der Waals surface area contributed by atoms with Gasteiger partial charge in [0.25, 0.3) is 0 Å². The zero-order valence-corrected chi connectivity index (χ0v) is 13.2. The molecule has 0 fully saturated rings. The Morgan fingerprint density at radius 1 is 1.45 bits per heavy atom. The molecule has 0 radical (unpaired) electrons. The second-order valence-electron chi connectivity index (χ2n) is 4.01. The minimum Gasteiger partial charge on any atom is -0.495 e. The van der Waals surface area contributed by atoms with Crippen LogP contribution in [-0.4, -0.2) is 20.5 Å². The van der Waals surface area contributed by atoms with Crippen molar-refractivity contribution >= 4 is 33.0 Å². The molecule has 1 aromatic carbocycles. The quantitative estimate of drug-likeness (QED) is 0.914. The molecule has 20 heavy (non-hydrogen) atoms. The molecule has 0 saturated heterocycles. The predicted molar refractivity (Wildman–Crippen MR) is 78.9 cm³/mol. The first-order valence-corrected chi connectivity index (χ1v) is 8.43. The summed E-state index contributed by atoms with van der Waals surface area (Å²) in [6, 6.07) is 4.02. The van der Waals surface area contributed by atoms with E-state index in [1.54, 1.807) is 24.6 Å². The molecule has 0 spiro atoms. The van der Waals surface area contributed by atoms with Gasteiger partial charge in [-0.1, -0.05) is 11.6 Å². The molecule has 0 aliphatic heterocycles. The normalized spacial score (nSPS) is 13.2. The molecule has 0 amide bonds. The SMILES string of the molecule is COc1ccc(Cl)cc1S(=O)(=O)N[C@@H](C)c1nccs1. The zero-order chi connectivity index (χ0) is 14.8. The number of rotatable bonds is 5. The smallest absolute Gasteiger partial charge is 0.244 e. The van der Waals surface area contributed by atoms with Gasteiger partial charge in [-0.2, -0.15) is 0 Å². The average molecular weight is 333 g/mol. The molecule has 1 atom stereocenters. The minimum atomic E-state index is -3.74. The number of ether oxygens (including phenoxy) is 1. The van der Waals surface area contributed by atoms with Crippen molar-refractivity contribution in [2.24, 2.45) is 0 Å². The van der Waals surface area contributed by atoms with Crippen molar-refractivity contribution in [2.45, 2.75) is 17.9 Å². The topological polar surface area (TPSA) is 68.3 Å². The highest BCUT2D eigenvalue weighted by Gasteiger charge is 2.23. The monoisotopic (exact) mass is 332 g/mol. The molecule has 1 N–H and O–H groups in total. The van der Waals surface area contributed by atoms with E-state index in [9.17, 15) is 8.42 Å². The highest BCUT2D eigenvalue weighted by Crippen LogP contribution is 2.28. The van der Waals surface area contributed by atoms with Gasteiger partial charge < -0.3 is 4.74 Å². The van der Waals surface area contributed by atoms with Crippen LogP contribution >= 0.6 is 22.9 Å². The van der Waals surface area contributed by atoms with Crippen LogP contribution in [0.2, 0.25) is 5.02 Å². The number of sulfonamides is 1. The van der Waals surface area contributed by atoms with Gasteiger partial charge in [-0.25, -0.2) is 18.1 Å². The van der Waals surface area contributed by atoms with Crippen LogP contribution in [0.25, 0.3) is 0 Å². The summed E-state index contributed by atoms with van der Waals surface area (Å²) in [6.07, 6.45) is 1.63. The van der Waals surface area contributed by atoms with Gasteiger partial charge in [0.05, 0.1) is 13.2 Å². The maximum absolute atomic E-state index is 12.4. The largest absolute Gasteiger partial charge is 0.495 e. The molecular formula is C12H13ClN2O3S2. The zero-order valence-electron chi connectivity index (χ0n) is 10.8. The lowest BCUT2D eigenvalue weighted by molar-refractivity contribution is 0.402. The molecular weight excluding hydrogens is 320 g/mol. The molecule has 0 aliphatic rings. The Labute approximate surface area is 126 Å². The van der Waals surface area contributed by atoms with Gasteiger partial charge in [0, 0.05) is 16.6 Å². The maximum atomic E-state index is 12.4. The van der Waals surface area contributed by atoms with E-state index in [-0.39, 0.29) is 10.6 Å². The summed E-state index contributed by atoms with van der Waals surface area (Å²) >= 11 is 7.24. The number of methoxy groups -OCH3 is 1. The number of thiazole rings is 1. The van der Waals surface area contributed by atoms with Gasteiger partial charge in [0.2, 0.25) is 10.0 Å². The minimum absolute atomic E-state index is 0.0101. The first kappa shape index (κ1) is 15.2. The Bertz CT molecular complexity index is 687. The van der Waals surface area contributed by atoms with E-state index in [1.165, 1.54) is 30.6 Å². The van der Waals surface area contributed by atoms with Gasteiger partial charge in [-0.05, 0) is 25.1 Å². The Balaban J connectivity index is 2.33. The van der Waals surface area contributed by atoms with E-state index < -0.39 is 16.1 Å². The van der Waals surface area contributed by atoms with E-state index in [2.05, 4.69) is 9.71 Å². The van der Waals surface area contributed by atoms with Gasteiger partial charge in [0.15, 0.2) is 0 Å². The van der Waals surface area contributed by atoms with E-state index in [1.807, 2.05) is 0 Å². The molecule has 8 heteroatoms. The Morgan fingerprint density at radius 3 is 2.80 bits per heavy atom. The average Bonchev–Trinajstić information content (AvgIpc) is 2.92. The Kier molecular flexibility index (Phi) is 4.64. The second-order valence-corrected chi connectivity index (χ2v) is 7.05. The molecule has 0 unspecified atom stereocenters. The molecule has 1 aromatic heterocycles. The third-order valence-corrected chi connectivity index (χ3v) is 5.32. The highest BCUT2D eigenvalue weighted by atomic mass is 35.5. The molecule has 2 aromatic rings. The van der Waals surface area contributed by atoms with Crippen LogP contribution in [0.3, 0.4) is 0 Å². The summed E-state index contributed by atoms with van der Waals surface area (Å²) in [4.78, 5) is 4.10. The van der Waals surface area contributed by atoms with Crippen molar-refractivity contribution in [3.63, 3.8) is 0 Å². The summed E-state index contributed by atoms with van der Waals surface area (Å²) in [7, 11) is -2.33. The van der Waals surface area contributed by atoms with Crippen molar-refractivity contribution < 1.29 is 13.2 Å². The fourth-order valence-electron chi connectivity index (χ4n) is 1.66. The number of hydrogen-bond acceptors (Lipinski definition) is 5. The third-order valence-electron chi connectivity index (χ3n) is 2.57. The van der Waals surface area contributed by atoms with Crippen LogP contribution < -0.4 is 9.46 Å². The second kappa shape index (κ2) is 6.09. The highest BCUT2D eigenvalue weighted by molar-refractivity contribution is 7.89. The van der Waals surface area contributed by atoms with E-state index in [4.69, 9.17) is 16.3 Å². The maximum Gasteiger partial charge on any atom is 0.244 e. The van der Waals surface area contributed by atoms with Crippen LogP contribution in [0.5, 0.6) is 5.75 Å². The summed E-state index contributed by atoms with van der Waals surface area (Å²) in [5.74, 6) is 0.244. The summed E-state index contributed by atoms with van der Waals surface area (Å²) in [5.41, 5.74) is 0. The summed E-state index contributed by atoms with van der Waals surface area (Å²) in [6.45, 7) is 1.73. The number of nitrogens with zero attached hydrogens (tertiary/aromatic N) is 1. The number of benzene rings is 1. The van der Waals surface area contributed by atoms with Gasteiger partial charge in [-0.3, -0.25) is 0 Å². The van der Waals surface area contributed by atoms with Crippen LogP contribution in [-0.2, 0) is 10.0 Å².